The summed E-state index contributed by atoms with van der Waals surface area (Å²) in [5, 5.41) is 3.58. The SMILES string of the molecule is CCOc1cc(NC2CC(C)(C)OC2(C)C)ccc1OC. The molecular weight excluding hydrogens is 266 g/mol. The third-order valence-electron chi connectivity index (χ3n) is 3.88. The van der Waals surface area contributed by atoms with Crippen LogP contribution in [0.5, 0.6) is 11.5 Å². The molecule has 0 aromatic heterocycles. The summed E-state index contributed by atoms with van der Waals surface area (Å²) in [7, 11) is 1.65. The van der Waals surface area contributed by atoms with Crippen LogP contribution in [0.15, 0.2) is 18.2 Å². The lowest BCUT2D eigenvalue weighted by molar-refractivity contribution is -0.0662. The third-order valence-corrected chi connectivity index (χ3v) is 3.88. The van der Waals surface area contributed by atoms with Crippen molar-refractivity contribution in [2.45, 2.75) is 58.3 Å². The van der Waals surface area contributed by atoms with E-state index >= 15 is 0 Å². The van der Waals surface area contributed by atoms with E-state index in [-0.39, 0.29) is 17.2 Å². The van der Waals surface area contributed by atoms with Crippen LogP contribution < -0.4 is 14.8 Å². The molecule has 0 bridgehead atoms. The molecule has 1 aliphatic heterocycles. The van der Waals surface area contributed by atoms with Gasteiger partial charge in [-0.1, -0.05) is 0 Å². The maximum absolute atomic E-state index is 6.13. The Labute approximate surface area is 127 Å². The second-order valence-corrected chi connectivity index (χ2v) is 6.66. The molecule has 1 heterocycles. The predicted octanol–water partition coefficient (Wildman–Crippen LogP) is 3.85. The van der Waals surface area contributed by atoms with Gasteiger partial charge >= 0.3 is 0 Å². The van der Waals surface area contributed by atoms with Crippen molar-refractivity contribution in [1.82, 2.24) is 0 Å². The highest BCUT2D eigenvalue weighted by molar-refractivity contribution is 5.55. The van der Waals surface area contributed by atoms with Gasteiger partial charge in [-0.05, 0) is 53.2 Å². The molecule has 21 heavy (non-hydrogen) atoms. The van der Waals surface area contributed by atoms with Gasteiger partial charge in [0.1, 0.15) is 0 Å². The normalized spacial score (nSPS) is 22.9. The van der Waals surface area contributed by atoms with Crippen LogP contribution in [0.2, 0.25) is 0 Å². The van der Waals surface area contributed by atoms with Crippen LogP contribution in [0.1, 0.15) is 41.0 Å². The molecule has 1 saturated heterocycles. The molecule has 1 unspecified atom stereocenters. The summed E-state index contributed by atoms with van der Waals surface area (Å²) < 4.78 is 17.1. The van der Waals surface area contributed by atoms with Gasteiger partial charge in [-0.2, -0.15) is 0 Å². The first-order chi connectivity index (χ1) is 9.77. The van der Waals surface area contributed by atoms with E-state index in [2.05, 4.69) is 33.0 Å². The Bertz CT molecular complexity index is 497. The molecule has 1 N–H and O–H groups in total. The van der Waals surface area contributed by atoms with E-state index in [1.165, 1.54) is 0 Å². The molecule has 0 radical (unpaired) electrons. The Balaban J connectivity index is 2.18. The summed E-state index contributed by atoms with van der Waals surface area (Å²) in [4.78, 5) is 0. The van der Waals surface area contributed by atoms with Crippen LogP contribution >= 0.6 is 0 Å². The van der Waals surface area contributed by atoms with Crippen molar-refractivity contribution in [3.05, 3.63) is 18.2 Å². The highest BCUT2D eigenvalue weighted by Gasteiger charge is 2.45. The van der Waals surface area contributed by atoms with Crippen molar-refractivity contribution in [2.24, 2.45) is 0 Å². The van der Waals surface area contributed by atoms with Crippen LogP contribution in [0.4, 0.5) is 5.69 Å². The van der Waals surface area contributed by atoms with E-state index in [1.807, 2.05) is 25.1 Å². The molecule has 1 fully saturated rings. The molecule has 0 aliphatic carbocycles. The van der Waals surface area contributed by atoms with Crippen LogP contribution in [0, 0.1) is 0 Å². The van der Waals surface area contributed by atoms with Gasteiger partial charge in [-0.15, -0.1) is 0 Å². The van der Waals surface area contributed by atoms with Gasteiger partial charge in [-0.3, -0.25) is 0 Å². The number of ether oxygens (including phenoxy) is 3. The minimum atomic E-state index is -0.199. The van der Waals surface area contributed by atoms with Gasteiger partial charge in [0.25, 0.3) is 0 Å². The fourth-order valence-corrected chi connectivity index (χ4v) is 3.02. The highest BCUT2D eigenvalue weighted by atomic mass is 16.5. The smallest absolute Gasteiger partial charge is 0.163 e. The summed E-state index contributed by atoms with van der Waals surface area (Å²) in [6.45, 7) is 11.1. The molecule has 1 aliphatic rings. The quantitative estimate of drug-likeness (QED) is 0.895. The van der Waals surface area contributed by atoms with E-state index in [0.29, 0.717) is 6.61 Å². The maximum Gasteiger partial charge on any atom is 0.163 e. The van der Waals surface area contributed by atoms with Gasteiger partial charge in [0.2, 0.25) is 0 Å². The lowest BCUT2D eigenvalue weighted by Gasteiger charge is -2.28. The zero-order valence-electron chi connectivity index (χ0n) is 13.9. The Morgan fingerprint density at radius 1 is 1.24 bits per heavy atom. The number of hydrogen-bond donors (Lipinski definition) is 1. The third kappa shape index (κ3) is 3.62. The fourth-order valence-electron chi connectivity index (χ4n) is 3.02. The summed E-state index contributed by atoms with van der Waals surface area (Å²) in [6, 6.07) is 6.20. The van der Waals surface area contributed by atoms with E-state index in [1.54, 1.807) is 7.11 Å². The summed E-state index contributed by atoms with van der Waals surface area (Å²) in [6.07, 6.45) is 0.968. The number of benzene rings is 1. The van der Waals surface area contributed by atoms with Gasteiger partial charge < -0.3 is 19.5 Å². The van der Waals surface area contributed by atoms with Crippen molar-refractivity contribution >= 4 is 5.69 Å². The number of anilines is 1. The van der Waals surface area contributed by atoms with Crippen molar-refractivity contribution < 1.29 is 14.2 Å². The van der Waals surface area contributed by atoms with Gasteiger partial charge in [0.05, 0.1) is 31.0 Å². The minimum absolute atomic E-state index is 0.101. The lowest BCUT2D eigenvalue weighted by atomic mass is 9.94. The van der Waals surface area contributed by atoms with Gasteiger partial charge in [0, 0.05) is 11.8 Å². The number of methoxy groups -OCH3 is 1. The molecule has 0 saturated carbocycles. The molecule has 0 amide bonds. The fraction of sp³-hybridized carbons (Fsp3) is 0.647. The molecule has 1 atom stereocenters. The molecule has 4 nitrogen and oxygen atoms in total. The van der Waals surface area contributed by atoms with E-state index in [9.17, 15) is 0 Å². The van der Waals surface area contributed by atoms with Crippen LogP contribution in [-0.2, 0) is 4.74 Å². The summed E-state index contributed by atoms with van der Waals surface area (Å²) >= 11 is 0. The van der Waals surface area contributed by atoms with Crippen molar-refractivity contribution in [1.29, 1.82) is 0 Å². The van der Waals surface area contributed by atoms with Crippen LogP contribution in [0.25, 0.3) is 0 Å². The molecule has 2 rings (SSSR count). The summed E-state index contributed by atoms with van der Waals surface area (Å²) in [5.41, 5.74) is 0.726. The molecule has 1 aromatic rings. The highest BCUT2D eigenvalue weighted by Crippen LogP contribution is 2.39. The minimum Gasteiger partial charge on any atom is -0.493 e. The first kappa shape index (κ1) is 16.0. The monoisotopic (exact) mass is 293 g/mol. The van der Waals surface area contributed by atoms with Crippen LogP contribution in [-0.4, -0.2) is 31.0 Å². The lowest BCUT2D eigenvalue weighted by Crippen LogP contribution is -2.38. The summed E-state index contributed by atoms with van der Waals surface area (Å²) in [5.74, 6) is 1.52. The van der Waals surface area contributed by atoms with Crippen molar-refractivity contribution in [3.8, 4) is 11.5 Å². The standard InChI is InChI=1S/C17H27NO3/c1-7-20-14-10-12(8-9-13(14)19-6)18-15-11-16(2,3)21-17(15,4)5/h8-10,15,18H,7,11H2,1-6H3. The van der Waals surface area contributed by atoms with E-state index in [4.69, 9.17) is 14.2 Å². The Morgan fingerprint density at radius 3 is 2.48 bits per heavy atom. The topological polar surface area (TPSA) is 39.7 Å². The Kier molecular flexibility index (Phi) is 4.38. The van der Waals surface area contributed by atoms with Crippen molar-refractivity contribution in [3.63, 3.8) is 0 Å². The molecule has 1 aromatic carbocycles. The number of rotatable bonds is 5. The van der Waals surface area contributed by atoms with Gasteiger partial charge in [0.15, 0.2) is 11.5 Å². The van der Waals surface area contributed by atoms with E-state index in [0.717, 1.165) is 23.6 Å². The molecule has 0 spiro atoms. The zero-order chi connectivity index (χ0) is 15.7. The Hall–Kier alpha value is -1.42. The predicted molar refractivity (Wildman–Crippen MR) is 85.4 cm³/mol. The second kappa shape index (κ2) is 5.76. The first-order valence-electron chi connectivity index (χ1n) is 7.55. The molecule has 118 valence electrons. The average Bonchev–Trinajstić information content (AvgIpc) is 2.58. The molecular formula is C17H27NO3. The average molecular weight is 293 g/mol. The van der Waals surface area contributed by atoms with Crippen LogP contribution in [0.3, 0.4) is 0 Å². The van der Waals surface area contributed by atoms with E-state index < -0.39 is 0 Å². The molecule has 4 heteroatoms. The zero-order valence-corrected chi connectivity index (χ0v) is 13.9. The largest absolute Gasteiger partial charge is 0.493 e. The maximum atomic E-state index is 6.13. The number of nitrogens with one attached hydrogen (secondary N) is 1. The number of hydrogen-bond acceptors (Lipinski definition) is 4. The Morgan fingerprint density at radius 2 is 1.95 bits per heavy atom. The van der Waals surface area contributed by atoms with Crippen molar-refractivity contribution in [2.75, 3.05) is 19.0 Å². The first-order valence-corrected chi connectivity index (χ1v) is 7.55. The van der Waals surface area contributed by atoms with Gasteiger partial charge in [-0.25, -0.2) is 0 Å². The second-order valence-electron chi connectivity index (χ2n) is 6.66.